The van der Waals surface area contributed by atoms with E-state index in [9.17, 15) is 0 Å². The van der Waals surface area contributed by atoms with Crippen LogP contribution in [0.5, 0.6) is 0 Å². The molecule has 3 heteroatoms. The van der Waals surface area contributed by atoms with Gasteiger partial charge in [-0.3, -0.25) is 0 Å². The molecule has 21 heavy (non-hydrogen) atoms. The van der Waals surface area contributed by atoms with Gasteiger partial charge >= 0.3 is 0 Å². The Morgan fingerprint density at radius 1 is 0.905 bits per heavy atom. The lowest BCUT2D eigenvalue weighted by molar-refractivity contribution is 0.418. The summed E-state index contributed by atoms with van der Waals surface area (Å²) in [7, 11) is 0. The summed E-state index contributed by atoms with van der Waals surface area (Å²) in [6.45, 7) is 7.45. The molecular formula is C18H33N3. The number of hydrogen-bond donors (Lipinski definition) is 2. The van der Waals surface area contributed by atoms with Gasteiger partial charge < -0.3 is 10.3 Å². The third-order valence-electron chi connectivity index (χ3n) is 4.29. The van der Waals surface area contributed by atoms with Crippen molar-refractivity contribution in [2.45, 2.75) is 97.1 Å². The fourth-order valence-corrected chi connectivity index (χ4v) is 3.01. The monoisotopic (exact) mass is 291 g/mol. The molecule has 3 nitrogen and oxygen atoms in total. The molecule has 1 aromatic heterocycles. The Morgan fingerprint density at radius 2 is 1.48 bits per heavy atom. The number of H-pyrrole nitrogens is 1. The van der Waals surface area contributed by atoms with Gasteiger partial charge in [0.2, 0.25) is 0 Å². The van der Waals surface area contributed by atoms with Gasteiger partial charge in [0.1, 0.15) is 5.82 Å². The van der Waals surface area contributed by atoms with Gasteiger partial charge in [-0.25, -0.2) is 4.98 Å². The predicted molar refractivity (Wildman–Crippen MR) is 89.5 cm³/mol. The van der Waals surface area contributed by atoms with Crippen LogP contribution >= 0.6 is 0 Å². The molecular weight excluding hydrogens is 258 g/mol. The SMILES string of the molecule is CC(C)(C)NCc1nc2c([nH]1)CCCCCCCCCC2. The first-order valence-corrected chi connectivity index (χ1v) is 8.86. The number of nitrogens with zero attached hydrogens (tertiary/aromatic N) is 1. The highest BCUT2D eigenvalue weighted by Crippen LogP contribution is 2.18. The van der Waals surface area contributed by atoms with Gasteiger partial charge in [-0.05, 0) is 46.5 Å². The first-order chi connectivity index (χ1) is 10.0. The van der Waals surface area contributed by atoms with E-state index < -0.39 is 0 Å². The Labute approximate surface area is 130 Å². The molecule has 0 saturated heterocycles. The maximum atomic E-state index is 4.86. The van der Waals surface area contributed by atoms with Gasteiger partial charge in [0.25, 0.3) is 0 Å². The van der Waals surface area contributed by atoms with E-state index in [0.717, 1.165) is 18.8 Å². The molecule has 0 spiro atoms. The maximum absolute atomic E-state index is 4.86. The molecule has 0 radical (unpaired) electrons. The Bertz CT molecular complexity index is 385. The van der Waals surface area contributed by atoms with Crippen molar-refractivity contribution < 1.29 is 0 Å². The molecule has 1 heterocycles. The summed E-state index contributed by atoms with van der Waals surface area (Å²) in [6.07, 6.45) is 13.3. The Morgan fingerprint density at radius 3 is 2.10 bits per heavy atom. The lowest BCUT2D eigenvalue weighted by Gasteiger charge is -2.19. The van der Waals surface area contributed by atoms with Crippen molar-refractivity contribution in [3.05, 3.63) is 17.2 Å². The summed E-state index contributed by atoms with van der Waals surface area (Å²) >= 11 is 0. The number of hydrogen-bond acceptors (Lipinski definition) is 2. The van der Waals surface area contributed by atoms with Crippen LogP contribution in [0.1, 0.15) is 89.4 Å². The third-order valence-corrected chi connectivity index (χ3v) is 4.29. The molecule has 1 aromatic rings. The molecule has 0 atom stereocenters. The Kier molecular flexibility index (Phi) is 6.28. The van der Waals surface area contributed by atoms with E-state index in [1.807, 2.05) is 0 Å². The van der Waals surface area contributed by atoms with E-state index >= 15 is 0 Å². The highest BCUT2D eigenvalue weighted by molar-refractivity contribution is 5.15. The van der Waals surface area contributed by atoms with E-state index in [-0.39, 0.29) is 5.54 Å². The van der Waals surface area contributed by atoms with E-state index in [0.29, 0.717) is 0 Å². The fourth-order valence-electron chi connectivity index (χ4n) is 3.01. The van der Waals surface area contributed by atoms with Gasteiger partial charge in [0.15, 0.2) is 0 Å². The first-order valence-electron chi connectivity index (χ1n) is 8.86. The number of aromatic amines is 1. The van der Waals surface area contributed by atoms with Crippen molar-refractivity contribution in [2.75, 3.05) is 0 Å². The van der Waals surface area contributed by atoms with Crippen LogP contribution in [0.3, 0.4) is 0 Å². The van der Waals surface area contributed by atoms with Crippen LogP contribution in [0.2, 0.25) is 0 Å². The topological polar surface area (TPSA) is 40.7 Å². The Balaban J connectivity index is 1.98. The molecule has 0 bridgehead atoms. The van der Waals surface area contributed by atoms with Crippen LogP contribution in [0.25, 0.3) is 0 Å². The molecule has 0 aliphatic heterocycles. The number of imidazole rings is 1. The van der Waals surface area contributed by atoms with Gasteiger partial charge in [-0.15, -0.1) is 0 Å². The van der Waals surface area contributed by atoms with Crippen LogP contribution in [-0.2, 0) is 19.4 Å². The second-order valence-electron chi connectivity index (χ2n) is 7.54. The minimum Gasteiger partial charge on any atom is -0.345 e. The molecule has 0 amide bonds. The van der Waals surface area contributed by atoms with Crippen molar-refractivity contribution in [2.24, 2.45) is 0 Å². The quantitative estimate of drug-likeness (QED) is 0.841. The van der Waals surface area contributed by atoms with Crippen molar-refractivity contribution in [1.29, 1.82) is 0 Å². The maximum Gasteiger partial charge on any atom is 0.120 e. The zero-order valence-electron chi connectivity index (χ0n) is 14.2. The third kappa shape index (κ3) is 6.21. The summed E-state index contributed by atoms with van der Waals surface area (Å²) in [4.78, 5) is 8.45. The van der Waals surface area contributed by atoms with Crippen LogP contribution in [0, 0.1) is 0 Å². The minimum atomic E-state index is 0.145. The minimum absolute atomic E-state index is 0.145. The van der Waals surface area contributed by atoms with Crippen molar-refractivity contribution in [3.63, 3.8) is 0 Å². The van der Waals surface area contributed by atoms with E-state index in [4.69, 9.17) is 4.98 Å². The van der Waals surface area contributed by atoms with Crippen molar-refractivity contribution in [3.8, 4) is 0 Å². The molecule has 0 aromatic carbocycles. The van der Waals surface area contributed by atoms with Crippen molar-refractivity contribution >= 4 is 0 Å². The van der Waals surface area contributed by atoms with E-state index in [1.54, 1.807) is 0 Å². The standard InChI is InChI=1S/C18H33N3/c1-18(2,3)19-14-17-20-15-12-10-8-6-4-5-7-9-11-13-16(15)21-17/h19H,4-14H2,1-3H3,(H,20,21). The zero-order chi connectivity index (χ0) is 15.1. The molecule has 1 aliphatic rings. The summed E-state index contributed by atoms with van der Waals surface area (Å²) in [6, 6.07) is 0. The Hall–Kier alpha value is -0.830. The average Bonchev–Trinajstić information content (AvgIpc) is 2.78. The van der Waals surface area contributed by atoms with Crippen LogP contribution < -0.4 is 5.32 Å². The normalized spacial score (nSPS) is 18.6. The molecule has 1 aliphatic carbocycles. The average molecular weight is 291 g/mol. The lowest BCUT2D eigenvalue weighted by Crippen LogP contribution is -2.35. The number of nitrogens with one attached hydrogen (secondary N) is 2. The smallest absolute Gasteiger partial charge is 0.120 e. The number of aromatic nitrogens is 2. The van der Waals surface area contributed by atoms with Crippen LogP contribution in [0.4, 0.5) is 0 Å². The zero-order valence-corrected chi connectivity index (χ0v) is 14.2. The number of aryl methyl sites for hydroxylation is 2. The van der Waals surface area contributed by atoms with Gasteiger partial charge in [-0.2, -0.15) is 0 Å². The van der Waals surface area contributed by atoms with Gasteiger partial charge in [0, 0.05) is 11.2 Å². The van der Waals surface area contributed by atoms with Gasteiger partial charge in [-0.1, -0.05) is 38.5 Å². The molecule has 0 saturated carbocycles. The van der Waals surface area contributed by atoms with Gasteiger partial charge in [0.05, 0.1) is 12.2 Å². The van der Waals surface area contributed by atoms with Crippen LogP contribution in [-0.4, -0.2) is 15.5 Å². The largest absolute Gasteiger partial charge is 0.345 e. The predicted octanol–water partition coefficient (Wildman–Crippen LogP) is 4.52. The second kappa shape index (κ2) is 7.98. The molecule has 0 fully saturated rings. The highest BCUT2D eigenvalue weighted by atomic mass is 15.0. The summed E-state index contributed by atoms with van der Waals surface area (Å²) in [5.41, 5.74) is 2.88. The van der Waals surface area contributed by atoms with E-state index in [1.165, 1.54) is 69.2 Å². The van der Waals surface area contributed by atoms with Crippen LogP contribution in [0.15, 0.2) is 0 Å². The number of fused-ring (bicyclic) bond motifs is 1. The fraction of sp³-hybridized carbons (Fsp3) is 0.833. The second-order valence-corrected chi connectivity index (χ2v) is 7.54. The summed E-state index contributed by atoms with van der Waals surface area (Å²) in [5.74, 6) is 1.12. The summed E-state index contributed by atoms with van der Waals surface area (Å²) < 4.78 is 0. The number of rotatable bonds is 2. The lowest BCUT2D eigenvalue weighted by atomic mass is 10.0. The van der Waals surface area contributed by atoms with E-state index in [2.05, 4.69) is 31.1 Å². The first kappa shape index (κ1) is 16.5. The van der Waals surface area contributed by atoms with Crippen molar-refractivity contribution in [1.82, 2.24) is 15.3 Å². The summed E-state index contributed by atoms with van der Waals surface area (Å²) in [5, 5.41) is 3.53. The molecule has 0 unspecified atom stereocenters. The molecule has 2 rings (SSSR count). The molecule has 2 N–H and O–H groups in total. The molecule has 120 valence electrons. The highest BCUT2D eigenvalue weighted by Gasteiger charge is 2.13.